The van der Waals surface area contributed by atoms with E-state index < -0.39 is 10.0 Å². The first-order valence-electron chi connectivity index (χ1n) is 6.55. The molecule has 2 aromatic carbocycles. The van der Waals surface area contributed by atoms with Crippen LogP contribution in [0.3, 0.4) is 0 Å². The summed E-state index contributed by atoms with van der Waals surface area (Å²) in [5.74, 6) is -0.229. The lowest BCUT2D eigenvalue weighted by molar-refractivity contribution is 0.448. The number of rotatable bonds is 5. The summed E-state index contributed by atoms with van der Waals surface area (Å²) in [6, 6.07) is 14.5. The highest BCUT2D eigenvalue weighted by Crippen LogP contribution is 2.23. The van der Waals surface area contributed by atoms with E-state index in [2.05, 4.69) is 9.88 Å². The normalized spacial score (nSPS) is 11.7. The molecule has 0 radical (unpaired) electrons. The second kappa shape index (κ2) is 6.02. The van der Waals surface area contributed by atoms with Gasteiger partial charge in [-0.25, -0.2) is 8.42 Å². The SMILES string of the molecule is CSc1cccc(NS(=O)(=O)Cc2noc3ccccc23)c1. The predicted octanol–water partition coefficient (Wildman–Crippen LogP) is 3.49. The maximum atomic E-state index is 12.3. The van der Waals surface area contributed by atoms with Gasteiger partial charge >= 0.3 is 0 Å². The molecule has 114 valence electrons. The second-order valence-corrected chi connectivity index (χ2v) is 7.32. The zero-order chi connectivity index (χ0) is 15.6. The largest absolute Gasteiger partial charge is 0.356 e. The number of nitrogens with one attached hydrogen (secondary N) is 1. The Kier molecular flexibility index (Phi) is 4.08. The average Bonchev–Trinajstić information content (AvgIpc) is 2.89. The monoisotopic (exact) mass is 334 g/mol. The van der Waals surface area contributed by atoms with Crippen molar-refractivity contribution < 1.29 is 12.9 Å². The summed E-state index contributed by atoms with van der Waals surface area (Å²) < 4.78 is 32.3. The number of sulfonamides is 1. The van der Waals surface area contributed by atoms with Crippen molar-refractivity contribution in [2.24, 2.45) is 0 Å². The molecule has 0 saturated carbocycles. The number of hydrogen-bond acceptors (Lipinski definition) is 5. The van der Waals surface area contributed by atoms with Crippen LogP contribution in [0.15, 0.2) is 57.9 Å². The quantitative estimate of drug-likeness (QED) is 0.723. The highest BCUT2D eigenvalue weighted by molar-refractivity contribution is 7.98. The van der Waals surface area contributed by atoms with Crippen molar-refractivity contribution in [3.8, 4) is 0 Å². The average molecular weight is 334 g/mol. The van der Waals surface area contributed by atoms with Crippen LogP contribution >= 0.6 is 11.8 Å². The number of nitrogens with zero attached hydrogens (tertiary/aromatic N) is 1. The molecular weight excluding hydrogens is 320 g/mol. The van der Waals surface area contributed by atoms with Crippen LogP contribution in [0.25, 0.3) is 11.0 Å². The molecule has 22 heavy (non-hydrogen) atoms. The zero-order valence-corrected chi connectivity index (χ0v) is 13.4. The van der Waals surface area contributed by atoms with E-state index in [1.54, 1.807) is 36.0 Å². The Labute approximate surface area is 132 Å². The Balaban J connectivity index is 1.84. The lowest BCUT2D eigenvalue weighted by Gasteiger charge is -2.07. The van der Waals surface area contributed by atoms with Crippen LogP contribution in [0.1, 0.15) is 5.69 Å². The molecule has 0 saturated heterocycles. The van der Waals surface area contributed by atoms with Crippen molar-refractivity contribution in [2.45, 2.75) is 10.6 Å². The summed E-state index contributed by atoms with van der Waals surface area (Å²) in [7, 11) is -3.56. The highest BCUT2D eigenvalue weighted by Gasteiger charge is 2.17. The first-order valence-corrected chi connectivity index (χ1v) is 9.43. The third-order valence-corrected chi connectivity index (χ3v) is 5.05. The van der Waals surface area contributed by atoms with E-state index in [1.807, 2.05) is 30.5 Å². The number of anilines is 1. The highest BCUT2D eigenvalue weighted by atomic mass is 32.2. The van der Waals surface area contributed by atoms with Crippen molar-refractivity contribution in [1.29, 1.82) is 0 Å². The number of aromatic nitrogens is 1. The molecule has 7 heteroatoms. The smallest absolute Gasteiger partial charge is 0.238 e. The van der Waals surface area contributed by atoms with Gasteiger partial charge in [0.05, 0.1) is 0 Å². The summed E-state index contributed by atoms with van der Waals surface area (Å²) in [4.78, 5) is 0.993. The molecule has 1 aromatic heterocycles. The summed E-state index contributed by atoms with van der Waals surface area (Å²) >= 11 is 1.55. The first-order chi connectivity index (χ1) is 10.6. The number of hydrogen-bond donors (Lipinski definition) is 1. The Morgan fingerprint density at radius 1 is 1.18 bits per heavy atom. The van der Waals surface area contributed by atoms with Gasteiger partial charge in [-0.2, -0.15) is 0 Å². The summed E-state index contributed by atoms with van der Waals surface area (Å²) in [6.07, 6.45) is 1.94. The van der Waals surface area contributed by atoms with Crippen molar-refractivity contribution in [3.05, 3.63) is 54.2 Å². The lowest BCUT2D eigenvalue weighted by Crippen LogP contribution is -2.15. The standard InChI is InChI=1S/C15H14N2O3S2/c1-21-12-6-4-5-11(9-12)17-22(18,19)10-14-13-7-2-3-8-15(13)20-16-14/h2-9,17H,10H2,1H3. The third-order valence-electron chi connectivity index (χ3n) is 3.12. The third kappa shape index (κ3) is 3.26. The minimum absolute atomic E-state index is 0.229. The minimum atomic E-state index is -3.56. The molecule has 0 aliphatic rings. The molecule has 0 fully saturated rings. The van der Waals surface area contributed by atoms with E-state index in [-0.39, 0.29) is 5.75 Å². The van der Waals surface area contributed by atoms with E-state index in [4.69, 9.17) is 4.52 Å². The van der Waals surface area contributed by atoms with E-state index in [0.717, 1.165) is 4.90 Å². The van der Waals surface area contributed by atoms with Gasteiger partial charge < -0.3 is 4.52 Å². The number of benzene rings is 2. The molecule has 1 N–H and O–H groups in total. The number of thioether (sulfide) groups is 1. The fourth-order valence-corrected chi connectivity index (χ4v) is 3.71. The molecule has 0 bridgehead atoms. The molecule has 5 nitrogen and oxygen atoms in total. The van der Waals surface area contributed by atoms with Crippen molar-refractivity contribution >= 4 is 38.4 Å². The van der Waals surface area contributed by atoms with Gasteiger partial charge in [0.1, 0.15) is 11.4 Å². The van der Waals surface area contributed by atoms with Gasteiger partial charge in [-0.3, -0.25) is 4.72 Å². The first kappa shape index (κ1) is 14.9. The second-order valence-electron chi connectivity index (χ2n) is 4.72. The van der Waals surface area contributed by atoms with Crippen molar-refractivity contribution in [1.82, 2.24) is 5.16 Å². The van der Waals surface area contributed by atoms with Crippen LogP contribution in [0.4, 0.5) is 5.69 Å². The molecule has 0 aliphatic carbocycles. The lowest BCUT2D eigenvalue weighted by atomic mass is 10.2. The minimum Gasteiger partial charge on any atom is -0.356 e. The van der Waals surface area contributed by atoms with Gasteiger partial charge in [0.15, 0.2) is 5.58 Å². The fourth-order valence-electron chi connectivity index (χ4n) is 2.12. The van der Waals surface area contributed by atoms with Gasteiger partial charge in [0.2, 0.25) is 10.0 Å². The Hall–Kier alpha value is -1.99. The van der Waals surface area contributed by atoms with E-state index in [0.29, 0.717) is 22.4 Å². The fraction of sp³-hybridized carbons (Fsp3) is 0.133. The van der Waals surface area contributed by atoms with Gasteiger partial charge in [0.25, 0.3) is 0 Å². The molecule has 0 spiro atoms. The van der Waals surface area contributed by atoms with Gasteiger partial charge in [0, 0.05) is 16.0 Å². The van der Waals surface area contributed by atoms with Crippen LogP contribution in [0.2, 0.25) is 0 Å². The Morgan fingerprint density at radius 3 is 2.82 bits per heavy atom. The molecule has 0 unspecified atom stereocenters. The van der Waals surface area contributed by atoms with Crippen LogP contribution in [-0.4, -0.2) is 19.8 Å². The van der Waals surface area contributed by atoms with Gasteiger partial charge in [-0.15, -0.1) is 11.8 Å². The van der Waals surface area contributed by atoms with Crippen LogP contribution in [-0.2, 0) is 15.8 Å². The molecule has 1 heterocycles. The molecule has 0 amide bonds. The predicted molar refractivity (Wildman–Crippen MR) is 88.5 cm³/mol. The zero-order valence-electron chi connectivity index (χ0n) is 11.8. The molecule has 3 rings (SSSR count). The number of fused-ring (bicyclic) bond motifs is 1. The Bertz CT molecular complexity index is 904. The molecule has 0 atom stereocenters. The van der Waals surface area contributed by atoms with Gasteiger partial charge in [-0.1, -0.05) is 23.4 Å². The maximum Gasteiger partial charge on any atom is 0.238 e. The van der Waals surface area contributed by atoms with Crippen LogP contribution < -0.4 is 4.72 Å². The van der Waals surface area contributed by atoms with Crippen LogP contribution in [0.5, 0.6) is 0 Å². The van der Waals surface area contributed by atoms with E-state index in [9.17, 15) is 8.42 Å². The summed E-state index contributed by atoms with van der Waals surface area (Å²) in [6.45, 7) is 0. The molecule has 3 aromatic rings. The van der Waals surface area contributed by atoms with E-state index in [1.165, 1.54) is 0 Å². The Morgan fingerprint density at radius 2 is 2.00 bits per heavy atom. The van der Waals surface area contributed by atoms with Crippen LogP contribution in [0, 0.1) is 0 Å². The van der Waals surface area contributed by atoms with E-state index >= 15 is 0 Å². The molecular formula is C15H14N2O3S2. The number of para-hydroxylation sites is 1. The van der Waals surface area contributed by atoms with Gasteiger partial charge in [-0.05, 0) is 36.6 Å². The maximum absolute atomic E-state index is 12.3. The van der Waals surface area contributed by atoms with Crippen molar-refractivity contribution in [2.75, 3.05) is 11.0 Å². The summed E-state index contributed by atoms with van der Waals surface area (Å²) in [5.41, 5.74) is 1.53. The topological polar surface area (TPSA) is 72.2 Å². The molecule has 0 aliphatic heterocycles. The summed E-state index contributed by atoms with van der Waals surface area (Å²) in [5, 5.41) is 4.57. The van der Waals surface area contributed by atoms with Crippen molar-refractivity contribution in [3.63, 3.8) is 0 Å².